The Hall–Kier alpha value is -1.34. The topological polar surface area (TPSA) is 59.2 Å². The number of hydrogen-bond donors (Lipinski definition) is 1. The molecular formula is C13H9ClINO3. The van der Waals surface area contributed by atoms with Crippen LogP contribution in [0.3, 0.4) is 0 Å². The van der Waals surface area contributed by atoms with E-state index in [0.717, 1.165) is 0 Å². The molecule has 0 atom stereocenters. The molecule has 0 saturated heterocycles. The van der Waals surface area contributed by atoms with E-state index in [9.17, 15) is 9.59 Å². The third kappa shape index (κ3) is 3.36. The summed E-state index contributed by atoms with van der Waals surface area (Å²) in [6, 6.07) is 8.63. The average Bonchev–Trinajstić information content (AvgIpc) is 2.44. The number of rotatable bonds is 3. The van der Waals surface area contributed by atoms with Crippen LogP contribution in [0.2, 0.25) is 5.02 Å². The summed E-state index contributed by atoms with van der Waals surface area (Å²) in [6.45, 7) is -0.0330. The van der Waals surface area contributed by atoms with Crippen LogP contribution in [0.15, 0.2) is 41.3 Å². The van der Waals surface area contributed by atoms with Gasteiger partial charge in [-0.25, -0.2) is 4.79 Å². The summed E-state index contributed by atoms with van der Waals surface area (Å²) in [7, 11) is 0. The van der Waals surface area contributed by atoms with Crippen LogP contribution in [0, 0.1) is 3.57 Å². The van der Waals surface area contributed by atoms with Gasteiger partial charge in [0, 0.05) is 11.8 Å². The van der Waals surface area contributed by atoms with Gasteiger partial charge < -0.3 is 9.72 Å². The molecule has 0 fully saturated rings. The first-order valence-corrected chi connectivity index (χ1v) is 6.83. The predicted molar refractivity (Wildman–Crippen MR) is 80.4 cm³/mol. The fraction of sp³-hybridized carbons (Fsp3) is 0.0769. The van der Waals surface area contributed by atoms with Crippen molar-refractivity contribution >= 4 is 40.2 Å². The lowest BCUT2D eigenvalue weighted by Gasteiger charge is -2.07. The Kier molecular flexibility index (Phi) is 4.60. The number of halogens is 2. The van der Waals surface area contributed by atoms with Gasteiger partial charge in [-0.05, 0) is 34.7 Å². The molecule has 0 amide bonds. The summed E-state index contributed by atoms with van der Waals surface area (Å²) < 4.78 is 5.57. The highest BCUT2D eigenvalue weighted by atomic mass is 127. The highest BCUT2D eigenvalue weighted by molar-refractivity contribution is 14.1. The fourth-order valence-corrected chi connectivity index (χ4v) is 2.41. The van der Waals surface area contributed by atoms with Crippen molar-refractivity contribution in [3.8, 4) is 0 Å². The number of benzene rings is 1. The second kappa shape index (κ2) is 6.21. The summed E-state index contributed by atoms with van der Waals surface area (Å²) in [5.41, 5.74) is 0.713. The summed E-state index contributed by atoms with van der Waals surface area (Å²) >= 11 is 7.84. The number of pyridine rings is 1. The first kappa shape index (κ1) is 14.1. The summed E-state index contributed by atoms with van der Waals surface area (Å²) in [5, 5.41) is 0.366. The monoisotopic (exact) mass is 389 g/mol. The van der Waals surface area contributed by atoms with Gasteiger partial charge >= 0.3 is 5.97 Å². The number of esters is 1. The first-order valence-electron chi connectivity index (χ1n) is 5.37. The molecule has 0 aliphatic carbocycles. The standard InChI is InChI=1S/C13H9ClINO3/c14-10-6-16-12(17)11(15)9(10)7-19-13(18)8-4-2-1-3-5-8/h1-6H,7H2,(H,16,17). The van der Waals surface area contributed by atoms with Gasteiger partial charge in [-0.2, -0.15) is 0 Å². The normalized spacial score (nSPS) is 10.2. The molecule has 98 valence electrons. The lowest BCUT2D eigenvalue weighted by molar-refractivity contribution is 0.0471. The summed E-state index contributed by atoms with van der Waals surface area (Å²) in [4.78, 5) is 25.7. The molecule has 1 heterocycles. The molecule has 0 aliphatic heterocycles. The third-order valence-electron chi connectivity index (χ3n) is 2.44. The maximum absolute atomic E-state index is 11.8. The Bertz CT molecular complexity index is 655. The van der Waals surface area contributed by atoms with Crippen molar-refractivity contribution in [3.05, 3.63) is 66.6 Å². The van der Waals surface area contributed by atoms with E-state index < -0.39 is 5.97 Å². The van der Waals surface area contributed by atoms with E-state index in [0.29, 0.717) is 19.7 Å². The molecule has 1 aromatic carbocycles. The van der Waals surface area contributed by atoms with Crippen molar-refractivity contribution in [2.45, 2.75) is 6.61 Å². The molecule has 1 N–H and O–H groups in total. The number of hydrogen-bond acceptors (Lipinski definition) is 3. The van der Waals surface area contributed by atoms with Gasteiger partial charge in [-0.15, -0.1) is 0 Å². The molecule has 0 bridgehead atoms. The van der Waals surface area contributed by atoms with Gasteiger partial charge in [0.15, 0.2) is 0 Å². The fourth-order valence-electron chi connectivity index (χ4n) is 1.45. The zero-order valence-corrected chi connectivity index (χ0v) is 12.6. The highest BCUT2D eigenvalue weighted by Crippen LogP contribution is 2.19. The molecule has 0 saturated carbocycles. The minimum Gasteiger partial charge on any atom is -0.457 e. The minimum atomic E-state index is -0.451. The van der Waals surface area contributed by atoms with Crippen LogP contribution in [0.5, 0.6) is 0 Å². The van der Waals surface area contributed by atoms with Gasteiger partial charge in [0.2, 0.25) is 0 Å². The van der Waals surface area contributed by atoms with Crippen molar-refractivity contribution in [3.63, 3.8) is 0 Å². The maximum atomic E-state index is 11.8. The van der Waals surface area contributed by atoms with Gasteiger partial charge in [0.1, 0.15) is 6.61 Å². The highest BCUT2D eigenvalue weighted by Gasteiger charge is 2.12. The van der Waals surface area contributed by atoms with Crippen LogP contribution in [0.4, 0.5) is 0 Å². The number of carbonyl (C=O) groups excluding carboxylic acids is 1. The van der Waals surface area contributed by atoms with Gasteiger partial charge in [-0.3, -0.25) is 4.79 Å². The number of nitrogens with one attached hydrogen (secondary N) is 1. The molecule has 4 nitrogen and oxygen atoms in total. The van der Waals surface area contributed by atoms with E-state index in [1.807, 2.05) is 28.7 Å². The molecule has 2 aromatic rings. The van der Waals surface area contributed by atoms with Crippen LogP contribution < -0.4 is 5.56 Å². The van der Waals surface area contributed by atoms with Crippen LogP contribution in [0.1, 0.15) is 15.9 Å². The Morgan fingerprint density at radius 3 is 2.68 bits per heavy atom. The van der Waals surface area contributed by atoms with Crippen molar-refractivity contribution in [2.75, 3.05) is 0 Å². The van der Waals surface area contributed by atoms with Gasteiger partial charge in [-0.1, -0.05) is 29.8 Å². The second-order valence-electron chi connectivity index (χ2n) is 3.70. The van der Waals surface area contributed by atoms with E-state index >= 15 is 0 Å². The molecule has 0 aliphatic rings. The average molecular weight is 390 g/mol. The van der Waals surface area contributed by atoms with Crippen LogP contribution >= 0.6 is 34.2 Å². The Labute approximate surface area is 127 Å². The summed E-state index contributed by atoms with van der Waals surface area (Å²) in [5.74, 6) is -0.451. The molecular weight excluding hydrogens is 381 g/mol. The first-order chi connectivity index (χ1) is 9.09. The maximum Gasteiger partial charge on any atom is 0.338 e. The number of aromatic nitrogens is 1. The zero-order valence-electron chi connectivity index (χ0n) is 9.65. The zero-order chi connectivity index (χ0) is 13.8. The molecule has 0 spiro atoms. The smallest absolute Gasteiger partial charge is 0.338 e. The number of aromatic amines is 1. The van der Waals surface area contributed by atoms with Crippen molar-refractivity contribution < 1.29 is 9.53 Å². The number of carbonyl (C=O) groups is 1. The molecule has 0 radical (unpaired) electrons. The molecule has 6 heteroatoms. The lowest BCUT2D eigenvalue weighted by Crippen LogP contribution is -2.14. The molecule has 2 rings (SSSR count). The summed E-state index contributed by atoms with van der Waals surface area (Å²) in [6.07, 6.45) is 1.39. The largest absolute Gasteiger partial charge is 0.457 e. The lowest BCUT2D eigenvalue weighted by atomic mass is 10.2. The quantitative estimate of drug-likeness (QED) is 0.648. The van der Waals surface area contributed by atoms with E-state index in [4.69, 9.17) is 16.3 Å². The van der Waals surface area contributed by atoms with Crippen molar-refractivity contribution in [2.24, 2.45) is 0 Å². The van der Waals surface area contributed by atoms with Gasteiger partial charge in [0.05, 0.1) is 14.2 Å². The Balaban J connectivity index is 2.14. The van der Waals surface area contributed by atoms with Crippen molar-refractivity contribution in [1.29, 1.82) is 0 Å². The Morgan fingerprint density at radius 2 is 2.00 bits per heavy atom. The van der Waals surface area contributed by atoms with E-state index in [1.165, 1.54) is 6.20 Å². The Morgan fingerprint density at radius 1 is 1.32 bits per heavy atom. The SMILES string of the molecule is O=C(OCc1c(Cl)c[nH]c(=O)c1I)c1ccccc1. The van der Waals surface area contributed by atoms with Crippen LogP contribution in [0.25, 0.3) is 0 Å². The second-order valence-corrected chi connectivity index (χ2v) is 5.19. The van der Waals surface area contributed by atoms with E-state index in [-0.39, 0.29) is 12.2 Å². The third-order valence-corrected chi connectivity index (χ3v) is 3.92. The molecule has 0 unspecified atom stereocenters. The van der Waals surface area contributed by atoms with Crippen LogP contribution in [-0.4, -0.2) is 11.0 Å². The minimum absolute atomic E-state index is 0.0330. The van der Waals surface area contributed by atoms with Gasteiger partial charge in [0.25, 0.3) is 5.56 Å². The van der Waals surface area contributed by atoms with Crippen molar-refractivity contribution in [1.82, 2.24) is 4.98 Å². The number of H-pyrrole nitrogens is 1. The molecule has 1 aromatic heterocycles. The van der Waals surface area contributed by atoms with E-state index in [2.05, 4.69) is 4.98 Å². The number of ether oxygens (including phenoxy) is 1. The molecule has 19 heavy (non-hydrogen) atoms. The predicted octanol–water partition coefficient (Wildman–Crippen LogP) is 2.99. The van der Waals surface area contributed by atoms with Crippen LogP contribution in [-0.2, 0) is 11.3 Å². The van der Waals surface area contributed by atoms with E-state index in [1.54, 1.807) is 24.3 Å².